The van der Waals surface area contributed by atoms with Crippen LogP contribution in [-0.4, -0.2) is 77.4 Å². The van der Waals surface area contributed by atoms with Crippen molar-refractivity contribution in [1.82, 2.24) is 0 Å². The van der Waals surface area contributed by atoms with Gasteiger partial charge in [0.05, 0.1) is 30.0 Å². The summed E-state index contributed by atoms with van der Waals surface area (Å²) in [5, 5.41) is 33.9. The van der Waals surface area contributed by atoms with Gasteiger partial charge in [-0.25, -0.2) is 4.79 Å². The van der Waals surface area contributed by atoms with E-state index in [9.17, 15) is 20.1 Å². The SMILES string of the molecule is COC1C[C@@H](O[C@H]2CC[C@]3(C)C4CC[C@]5(C)[C@@H](C6=CC(=O)OC6)[C@@H](O)C[C@]5(O)C4CC[C@@H]3C2)OC(C)[C@H]1O. The second kappa shape index (κ2) is 9.52. The number of cyclic esters (lactones) is 1. The van der Waals surface area contributed by atoms with Crippen LogP contribution in [0.1, 0.15) is 78.6 Å². The van der Waals surface area contributed by atoms with Crippen LogP contribution >= 0.6 is 0 Å². The molecule has 4 unspecified atom stereocenters. The molecule has 4 aliphatic carbocycles. The second-order valence-corrected chi connectivity index (χ2v) is 13.8. The van der Waals surface area contributed by atoms with Crippen molar-refractivity contribution in [3.63, 3.8) is 0 Å². The minimum atomic E-state index is -0.949. The standard InChI is InChI=1S/C30H46O8/c1-16-27(33)23(35-4)13-25(37-16)38-19-7-9-28(2)18(12-19)5-6-21-20(28)8-10-29(3)26(17-11-24(32)36-15-17)22(31)14-30(21,29)34/h11,16,18-23,25-27,31,33-34H,5-10,12-15H2,1-4H3/t16?,18-,19+,20?,21?,22+,23?,25-,26+,27-,28+,29-,30+/m1/s1. The fourth-order valence-electron chi connectivity index (χ4n) is 10.1. The molecule has 0 bridgehead atoms. The summed E-state index contributed by atoms with van der Waals surface area (Å²) >= 11 is 0. The van der Waals surface area contributed by atoms with Crippen molar-refractivity contribution in [3.05, 3.63) is 11.6 Å². The highest BCUT2D eigenvalue weighted by Crippen LogP contribution is 2.70. The zero-order valence-electron chi connectivity index (χ0n) is 23.3. The number of ether oxygens (including phenoxy) is 4. The van der Waals surface area contributed by atoms with E-state index in [0.717, 1.165) is 50.5 Å². The van der Waals surface area contributed by atoms with E-state index in [1.807, 2.05) is 6.92 Å². The highest BCUT2D eigenvalue weighted by atomic mass is 16.7. The van der Waals surface area contributed by atoms with Crippen LogP contribution in [0.25, 0.3) is 0 Å². The smallest absolute Gasteiger partial charge is 0.331 e. The van der Waals surface area contributed by atoms with Crippen LogP contribution < -0.4 is 0 Å². The molecule has 1 saturated heterocycles. The maximum Gasteiger partial charge on any atom is 0.331 e. The van der Waals surface area contributed by atoms with E-state index in [1.54, 1.807) is 13.2 Å². The molecule has 0 aromatic carbocycles. The van der Waals surface area contributed by atoms with E-state index in [4.69, 9.17) is 18.9 Å². The molecule has 13 atom stereocenters. The molecule has 2 aliphatic heterocycles. The number of hydrogen-bond donors (Lipinski definition) is 3. The Bertz CT molecular complexity index is 968. The third kappa shape index (κ3) is 3.96. The summed E-state index contributed by atoms with van der Waals surface area (Å²) in [7, 11) is 1.63. The molecule has 8 nitrogen and oxygen atoms in total. The molecule has 0 radical (unpaired) electrons. The summed E-state index contributed by atoms with van der Waals surface area (Å²) < 4.78 is 23.1. The van der Waals surface area contributed by atoms with Gasteiger partial charge in [0.25, 0.3) is 0 Å². The number of fused-ring (bicyclic) bond motifs is 5. The molecule has 0 aromatic heterocycles. The molecule has 3 N–H and O–H groups in total. The average molecular weight is 535 g/mol. The van der Waals surface area contributed by atoms with Crippen molar-refractivity contribution < 1.29 is 39.1 Å². The van der Waals surface area contributed by atoms with Crippen LogP contribution in [-0.2, 0) is 23.7 Å². The molecule has 6 aliphatic rings. The zero-order chi connectivity index (χ0) is 27.0. The van der Waals surface area contributed by atoms with Crippen molar-refractivity contribution in [2.45, 2.75) is 121 Å². The third-order valence-corrected chi connectivity index (χ3v) is 12.2. The first kappa shape index (κ1) is 27.2. The molecule has 2 heterocycles. The van der Waals surface area contributed by atoms with E-state index in [-0.39, 0.29) is 54.4 Å². The molecule has 8 heteroatoms. The number of aliphatic hydroxyl groups excluding tert-OH is 2. The minimum Gasteiger partial charge on any atom is -0.458 e. The molecule has 0 aromatic rings. The van der Waals surface area contributed by atoms with Gasteiger partial charge in [-0.1, -0.05) is 13.8 Å². The van der Waals surface area contributed by atoms with Gasteiger partial charge < -0.3 is 34.3 Å². The maximum atomic E-state index is 12.4. The van der Waals surface area contributed by atoms with Crippen LogP contribution in [0.3, 0.4) is 0 Å². The Kier molecular flexibility index (Phi) is 6.80. The van der Waals surface area contributed by atoms with E-state index in [2.05, 4.69) is 13.8 Å². The van der Waals surface area contributed by atoms with Crippen LogP contribution in [0.2, 0.25) is 0 Å². The lowest BCUT2D eigenvalue weighted by Crippen LogP contribution is -2.62. The topological polar surface area (TPSA) is 115 Å². The number of carbonyl (C=O) groups is 1. The summed E-state index contributed by atoms with van der Waals surface area (Å²) in [6.07, 6.45) is 7.17. The molecule has 6 rings (SSSR count). The van der Waals surface area contributed by atoms with Gasteiger partial charge in [0.1, 0.15) is 12.7 Å². The lowest BCUT2D eigenvalue weighted by atomic mass is 9.43. The summed E-state index contributed by atoms with van der Waals surface area (Å²) in [4.78, 5) is 11.8. The van der Waals surface area contributed by atoms with E-state index < -0.39 is 23.2 Å². The van der Waals surface area contributed by atoms with Gasteiger partial charge in [-0.2, -0.15) is 0 Å². The van der Waals surface area contributed by atoms with Gasteiger partial charge >= 0.3 is 5.97 Å². The summed E-state index contributed by atoms with van der Waals surface area (Å²) in [5.41, 5.74) is -0.440. The Morgan fingerprint density at radius 1 is 1.05 bits per heavy atom. The van der Waals surface area contributed by atoms with Crippen molar-refractivity contribution in [2.24, 2.45) is 34.5 Å². The normalized spacial score (nSPS) is 54.5. The van der Waals surface area contributed by atoms with Crippen molar-refractivity contribution in [3.8, 4) is 0 Å². The lowest BCUT2D eigenvalue weighted by molar-refractivity contribution is -0.273. The van der Waals surface area contributed by atoms with Gasteiger partial charge in [0, 0.05) is 37.4 Å². The Balaban J connectivity index is 1.16. The first-order chi connectivity index (χ1) is 18.0. The average Bonchev–Trinajstić information content (AvgIpc) is 3.37. The maximum absolute atomic E-state index is 12.4. The van der Waals surface area contributed by atoms with Gasteiger partial charge in [-0.05, 0) is 80.6 Å². The van der Waals surface area contributed by atoms with Crippen molar-refractivity contribution in [1.29, 1.82) is 0 Å². The van der Waals surface area contributed by atoms with Crippen LogP contribution in [0, 0.1) is 34.5 Å². The molecule has 5 fully saturated rings. The fraction of sp³-hybridized carbons (Fsp3) is 0.900. The number of carbonyl (C=O) groups excluding carboxylic acids is 1. The van der Waals surface area contributed by atoms with Gasteiger partial charge in [-0.15, -0.1) is 0 Å². The minimum absolute atomic E-state index is 0.121. The molecular formula is C30H46O8. The first-order valence-electron chi connectivity index (χ1n) is 14.8. The Labute approximate surface area is 226 Å². The van der Waals surface area contributed by atoms with E-state index in [0.29, 0.717) is 24.7 Å². The molecule has 0 spiro atoms. The third-order valence-electron chi connectivity index (χ3n) is 12.2. The molecular weight excluding hydrogens is 488 g/mol. The zero-order valence-corrected chi connectivity index (χ0v) is 23.3. The number of methoxy groups -OCH3 is 1. The highest BCUT2D eigenvalue weighted by Gasteiger charge is 2.70. The largest absolute Gasteiger partial charge is 0.458 e. The van der Waals surface area contributed by atoms with Gasteiger partial charge in [0.15, 0.2) is 6.29 Å². The number of rotatable bonds is 4. The quantitative estimate of drug-likeness (QED) is 0.372. The van der Waals surface area contributed by atoms with Crippen LogP contribution in [0.15, 0.2) is 11.6 Å². The number of esters is 1. The summed E-state index contributed by atoms with van der Waals surface area (Å²) in [6, 6.07) is 0. The first-order valence-corrected chi connectivity index (χ1v) is 14.8. The lowest BCUT2D eigenvalue weighted by Gasteiger charge is -2.63. The molecule has 4 saturated carbocycles. The Morgan fingerprint density at radius 2 is 1.84 bits per heavy atom. The second-order valence-electron chi connectivity index (χ2n) is 13.8. The van der Waals surface area contributed by atoms with Crippen molar-refractivity contribution in [2.75, 3.05) is 13.7 Å². The van der Waals surface area contributed by atoms with Gasteiger partial charge in [0.2, 0.25) is 0 Å². The summed E-state index contributed by atoms with van der Waals surface area (Å²) in [6.45, 7) is 6.67. The number of aliphatic hydroxyl groups is 3. The predicted molar refractivity (Wildman–Crippen MR) is 138 cm³/mol. The van der Waals surface area contributed by atoms with Gasteiger partial charge in [-0.3, -0.25) is 0 Å². The Morgan fingerprint density at radius 3 is 2.55 bits per heavy atom. The number of hydrogen-bond acceptors (Lipinski definition) is 8. The molecule has 0 amide bonds. The van der Waals surface area contributed by atoms with Crippen LogP contribution in [0.4, 0.5) is 0 Å². The molecule has 38 heavy (non-hydrogen) atoms. The monoisotopic (exact) mass is 534 g/mol. The van der Waals surface area contributed by atoms with Crippen LogP contribution in [0.5, 0.6) is 0 Å². The summed E-state index contributed by atoms with van der Waals surface area (Å²) in [5.74, 6) is 0.493. The Hall–Kier alpha value is -1.03. The predicted octanol–water partition coefficient (Wildman–Crippen LogP) is 3.11. The fourth-order valence-corrected chi connectivity index (χ4v) is 10.1. The van der Waals surface area contributed by atoms with E-state index >= 15 is 0 Å². The van der Waals surface area contributed by atoms with Crippen molar-refractivity contribution >= 4 is 5.97 Å². The highest BCUT2D eigenvalue weighted by molar-refractivity contribution is 5.85. The molecule has 214 valence electrons. The van der Waals surface area contributed by atoms with E-state index in [1.165, 1.54) is 0 Å².